The van der Waals surface area contributed by atoms with Gasteiger partial charge >= 0.3 is 6.03 Å². The highest BCUT2D eigenvalue weighted by molar-refractivity contribution is 5.74. The van der Waals surface area contributed by atoms with Crippen LogP contribution in [0.1, 0.15) is 29.8 Å². The minimum atomic E-state index is -0.185. The zero-order valence-corrected chi connectivity index (χ0v) is 14.0. The molecule has 2 atom stereocenters. The van der Waals surface area contributed by atoms with Crippen LogP contribution in [0.25, 0.3) is 0 Å². The normalized spacial score (nSPS) is 17.7. The number of amides is 2. The molecule has 0 unspecified atom stereocenters. The summed E-state index contributed by atoms with van der Waals surface area (Å²) in [6.07, 6.45) is 2.41. The number of likely N-dealkylation sites (N-methyl/N-ethyl adjacent to an activating group) is 1. The zero-order valence-electron chi connectivity index (χ0n) is 14.0. The Morgan fingerprint density at radius 3 is 2.88 bits per heavy atom. The molecule has 2 amide bonds. The predicted octanol–water partition coefficient (Wildman–Crippen LogP) is 2.71. The van der Waals surface area contributed by atoms with Crippen molar-refractivity contribution < 1.29 is 13.9 Å². The molecule has 6 heteroatoms. The highest BCUT2D eigenvalue weighted by Gasteiger charge is 2.23. The highest BCUT2D eigenvalue weighted by atomic mass is 16.5. The monoisotopic (exact) mass is 329 g/mol. The minimum absolute atomic E-state index is 0.00674. The Morgan fingerprint density at radius 2 is 2.12 bits per heavy atom. The lowest BCUT2D eigenvalue weighted by Crippen LogP contribution is -2.42. The molecule has 0 saturated heterocycles. The third kappa shape index (κ3) is 3.71. The molecule has 6 nitrogen and oxygen atoms in total. The summed E-state index contributed by atoms with van der Waals surface area (Å²) in [5, 5.41) is 5.97. The van der Waals surface area contributed by atoms with Crippen molar-refractivity contribution in [1.82, 2.24) is 15.5 Å². The number of nitrogens with zero attached hydrogens (tertiary/aromatic N) is 1. The maximum Gasteiger partial charge on any atom is 0.315 e. The van der Waals surface area contributed by atoms with Gasteiger partial charge in [0.1, 0.15) is 11.5 Å². The summed E-state index contributed by atoms with van der Waals surface area (Å²) in [4.78, 5) is 14.3. The summed E-state index contributed by atoms with van der Waals surface area (Å²) in [5.41, 5.74) is 1.02. The molecule has 0 radical (unpaired) electrons. The Kier molecular flexibility index (Phi) is 5.05. The molecule has 24 heavy (non-hydrogen) atoms. The number of furan rings is 1. The largest absolute Gasteiger partial charge is 0.493 e. The van der Waals surface area contributed by atoms with E-state index < -0.39 is 0 Å². The number of hydrogen-bond acceptors (Lipinski definition) is 4. The van der Waals surface area contributed by atoms with Crippen LogP contribution in [0.4, 0.5) is 4.79 Å². The average molecular weight is 329 g/mol. The van der Waals surface area contributed by atoms with Crippen molar-refractivity contribution in [2.75, 3.05) is 27.2 Å². The van der Waals surface area contributed by atoms with Crippen LogP contribution in [0.2, 0.25) is 0 Å². The molecule has 1 aromatic carbocycles. The Bertz CT molecular complexity index is 670. The van der Waals surface area contributed by atoms with E-state index in [0.29, 0.717) is 13.2 Å². The first kappa shape index (κ1) is 16.4. The topological polar surface area (TPSA) is 66.7 Å². The van der Waals surface area contributed by atoms with E-state index in [9.17, 15) is 4.79 Å². The number of carbonyl (C=O) groups excluding carboxylic acids is 1. The smallest absolute Gasteiger partial charge is 0.315 e. The molecule has 2 N–H and O–H groups in total. The van der Waals surface area contributed by atoms with Crippen LogP contribution in [0.3, 0.4) is 0 Å². The van der Waals surface area contributed by atoms with Crippen molar-refractivity contribution in [3.8, 4) is 5.75 Å². The number of nitrogens with one attached hydrogen (secondary N) is 2. The van der Waals surface area contributed by atoms with Crippen LogP contribution >= 0.6 is 0 Å². The van der Waals surface area contributed by atoms with Gasteiger partial charge in [0.2, 0.25) is 0 Å². The zero-order chi connectivity index (χ0) is 16.9. The van der Waals surface area contributed by atoms with E-state index in [1.165, 1.54) is 0 Å². The van der Waals surface area contributed by atoms with E-state index in [1.54, 1.807) is 6.26 Å². The van der Waals surface area contributed by atoms with Crippen LogP contribution < -0.4 is 15.4 Å². The van der Waals surface area contributed by atoms with Crippen LogP contribution in [0.15, 0.2) is 47.1 Å². The predicted molar refractivity (Wildman–Crippen MR) is 91.0 cm³/mol. The first-order valence-corrected chi connectivity index (χ1v) is 8.11. The first-order chi connectivity index (χ1) is 11.6. The Hall–Kier alpha value is -2.47. The standard InChI is InChI=1S/C18H23N3O3/c1-21(2)15(17-8-5-10-23-17)12-19-18(22)20-14-9-11-24-16-7-4-3-6-13(14)16/h3-8,10,14-15H,9,11-12H2,1-2H3,(H2,19,20,22)/t14-,15-/m0/s1. The van der Waals surface area contributed by atoms with Gasteiger partial charge in [-0.15, -0.1) is 0 Å². The first-order valence-electron chi connectivity index (χ1n) is 8.11. The van der Waals surface area contributed by atoms with Crippen molar-refractivity contribution in [3.63, 3.8) is 0 Å². The number of carbonyl (C=O) groups is 1. The van der Waals surface area contributed by atoms with Gasteiger partial charge in [-0.25, -0.2) is 4.79 Å². The second-order valence-electron chi connectivity index (χ2n) is 6.08. The molecule has 0 saturated carbocycles. The van der Waals surface area contributed by atoms with Crippen LogP contribution in [0, 0.1) is 0 Å². The Morgan fingerprint density at radius 1 is 1.29 bits per heavy atom. The summed E-state index contributed by atoms with van der Waals surface area (Å²) >= 11 is 0. The highest BCUT2D eigenvalue weighted by Crippen LogP contribution is 2.31. The van der Waals surface area contributed by atoms with Crippen LogP contribution in [-0.2, 0) is 0 Å². The van der Waals surface area contributed by atoms with Gasteiger partial charge in [0, 0.05) is 18.5 Å². The Labute approximate surface area is 141 Å². The molecule has 1 aliphatic heterocycles. The quantitative estimate of drug-likeness (QED) is 0.885. The number of rotatable bonds is 5. The summed E-state index contributed by atoms with van der Waals surface area (Å²) < 4.78 is 11.1. The van der Waals surface area contributed by atoms with Crippen LogP contribution in [0.5, 0.6) is 5.75 Å². The number of ether oxygens (including phenoxy) is 1. The van der Waals surface area contributed by atoms with Crippen molar-refractivity contribution in [2.24, 2.45) is 0 Å². The third-order valence-corrected chi connectivity index (χ3v) is 4.21. The minimum Gasteiger partial charge on any atom is -0.493 e. The molecule has 0 aliphatic carbocycles. The van der Waals surface area contributed by atoms with E-state index in [2.05, 4.69) is 10.6 Å². The fraction of sp³-hybridized carbons (Fsp3) is 0.389. The van der Waals surface area contributed by atoms with Crippen molar-refractivity contribution in [2.45, 2.75) is 18.5 Å². The van der Waals surface area contributed by atoms with E-state index in [1.807, 2.05) is 55.4 Å². The molecule has 0 fully saturated rings. The summed E-state index contributed by atoms with van der Waals surface area (Å²) in [6.45, 7) is 1.08. The van der Waals surface area contributed by atoms with Gasteiger partial charge in [-0.1, -0.05) is 18.2 Å². The number of fused-ring (bicyclic) bond motifs is 1. The van der Waals surface area contributed by atoms with E-state index in [4.69, 9.17) is 9.15 Å². The van der Waals surface area contributed by atoms with Gasteiger partial charge in [-0.3, -0.25) is 4.90 Å². The molecule has 1 aliphatic rings. The molecule has 0 bridgehead atoms. The number of urea groups is 1. The summed E-state index contributed by atoms with van der Waals surface area (Å²) in [6, 6.07) is 11.4. The molecule has 0 spiro atoms. The number of hydrogen-bond donors (Lipinski definition) is 2. The second kappa shape index (κ2) is 7.40. The number of para-hydroxylation sites is 1. The maximum absolute atomic E-state index is 12.3. The van der Waals surface area contributed by atoms with Gasteiger partial charge in [0.25, 0.3) is 0 Å². The fourth-order valence-electron chi connectivity index (χ4n) is 2.91. The molecule has 1 aromatic heterocycles. The van der Waals surface area contributed by atoms with E-state index >= 15 is 0 Å². The molecule has 3 rings (SSSR count). The van der Waals surface area contributed by atoms with E-state index in [0.717, 1.165) is 23.5 Å². The summed E-state index contributed by atoms with van der Waals surface area (Å²) in [7, 11) is 3.92. The van der Waals surface area contributed by atoms with Gasteiger partial charge < -0.3 is 19.8 Å². The molecule has 128 valence electrons. The molecule has 2 aromatic rings. The van der Waals surface area contributed by atoms with Gasteiger partial charge in [-0.05, 0) is 32.3 Å². The second-order valence-corrected chi connectivity index (χ2v) is 6.08. The molecular formula is C18H23N3O3. The lowest BCUT2D eigenvalue weighted by molar-refractivity contribution is 0.214. The number of benzene rings is 1. The SMILES string of the molecule is CN(C)[C@@H](CNC(=O)N[C@H]1CCOc2ccccc21)c1ccco1. The van der Waals surface area contributed by atoms with Gasteiger partial charge in [-0.2, -0.15) is 0 Å². The van der Waals surface area contributed by atoms with Gasteiger partial charge in [0.15, 0.2) is 0 Å². The van der Waals surface area contributed by atoms with Crippen molar-refractivity contribution in [3.05, 3.63) is 54.0 Å². The van der Waals surface area contributed by atoms with Gasteiger partial charge in [0.05, 0.1) is 25.0 Å². The van der Waals surface area contributed by atoms with Crippen molar-refractivity contribution in [1.29, 1.82) is 0 Å². The van der Waals surface area contributed by atoms with E-state index in [-0.39, 0.29) is 18.1 Å². The average Bonchev–Trinajstić information content (AvgIpc) is 3.09. The fourth-order valence-corrected chi connectivity index (χ4v) is 2.91. The maximum atomic E-state index is 12.3. The summed E-state index contributed by atoms with van der Waals surface area (Å²) in [5.74, 6) is 1.67. The lowest BCUT2D eigenvalue weighted by atomic mass is 10.0. The molecular weight excluding hydrogens is 306 g/mol. The lowest BCUT2D eigenvalue weighted by Gasteiger charge is -2.27. The Balaban J connectivity index is 1.58. The van der Waals surface area contributed by atoms with Crippen LogP contribution in [-0.4, -0.2) is 38.2 Å². The molecule has 2 heterocycles. The third-order valence-electron chi connectivity index (χ3n) is 4.21. The van der Waals surface area contributed by atoms with Crippen molar-refractivity contribution >= 4 is 6.03 Å².